The number of ether oxygens (including phenoxy) is 1. The van der Waals surface area contributed by atoms with E-state index in [0.717, 1.165) is 19.3 Å². The number of esters is 1. The molecule has 0 radical (unpaired) electrons. The van der Waals surface area contributed by atoms with Crippen molar-refractivity contribution in [1.29, 1.82) is 0 Å². The van der Waals surface area contributed by atoms with Crippen LogP contribution in [0.5, 0.6) is 0 Å². The highest BCUT2D eigenvalue weighted by Crippen LogP contribution is 2.43. The van der Waals surface area contributed by atoms with Crippen LogP contribution in [0.4, 0.5) is 0 Å². The number of hydrogen-bond donors (Lipinski definition) is 1. The van der Waals surface area contributed by atoms with Gasteiger partial charge in [0.1, 0.15) is 6.10 Å². The van der Waals surface area contributed by atoms with Crippen LogP contribution in [0.2, 0.25) is 0 Å². The molecule has 144 valence electrons. The highest BCUT2D eigenvalue weighted by molar-refractivity contribution is 5.76. The summed E-state index contributed by atoms with van der Waals surface area (Å²) >= 11 is 0. The molecule has 1 aliphatic rings. The minimum Gasteiger partial charge on any atom is -0.460 e. The molecule has 0 heterocycles. The number of aliphatic hydroxyl groups excluding tert-OH is 1. The Labute approximate surface area is 162 Å². The minimum absolute atomic E-state index is 0.107. The van der Waals surface area contributed by atoms with Crippen LogP contribution in [0.25, 0.3) is 0 Å². The molecule has 3 nitrogen and oxygen atoms in total. The molecule has 3 heteroatoms. The average molecular weight is 367 g/mol. The van der Waals surface area contributed by atoms with Crippen molar-refractivity contribution in [2.45, 2.75) is 57.7 Å². The molecule has 3 rings (SSSR count). The molecule has 1 fully saturated rings. The van der Waals surface area contributed by atoms with Crippen molar-refractivity contribution in [2.75, 3.05) is 0 Å². The quantitative estimate of drug-likeness (QED) is 0.754. The zero-order valence-electron chi connectivity index (χ0n) is 16.5. The van der Waals surface area contributed by atoms with Gasteiger partial charge < -0.3 is 9.84 Å². The summed E-state index contributed by atoms with van der Waals surface area (Å²) in [6, 6.07) is 19.4. The van der Waals surface area contributed by atoms with Crippen molar-refractivity contribution in [1.82, 2.24) is 0 Å². The molecule has 4 atom stereocenters. The van der Waals surface area contributed by atoms with Gasteiger partial charge in [0, 0.05) is 5.92 Å². The zero-order valence-corrected chi connectivity index (χ0v) is 16.5. The van der Waals surface area contributed by atoms with Crippen molar-refractivity contribution in [3.63, 3.8) is 0 Å². The van der Waals surface area contributed by atoms with Crippen molar-refractivity contribution < 1.29 is 14.6 Å². The first-order valence-corrected chi connectivity index (χ1v) is 9.88. The molecule has 0 bridgehead atoms. The van der Waals surface area contributed by atoms with Crippen LogP contribution in [-0.2, 0) is 14.9 Å². The van der Waals surface area contributed by atoms with Gasteiger partial charge in [-0.2, -0.15) is 0 Å². The van der Waals surface area contributed by atoms with E-state index < -0.39 is 12.1 Å². The van der Waals surface area contributed by atoms with Crippen LogP contribution < -0.4 is 0 Å². The molecule has 0 saturated heterocycles. The van der Waals surface area contributed by atoms with Crippen molar-refractivity contribution in [2.24, 2.45) is 11.8 Å². The van der Waals surface area contributed by atoms with Gasteiger partial charge >= 0.3 is 5.97 Å². The summed E-state index contributed by atoms with van der Waals surface area (Å²) in [7, 11) is 0. The lowest BCUT2D eigenvalue weighted by Gasteiger charge is -2.44. The van der Waals surface area contributed by atoms with Gasteiger partial charge in [-0.1, -0.05) is 87.9 Å². The summed E-state index contributed by atoms with van der Waals surface area (Å²) in [5.74, 6) is 0.191. The van der Waals surface area contributed by atoms with E-state index >= 15 is 0 Å². The number of carbonyl (C=O) groups excluding carboxylic acids is 1. The molecule has 0 aliphatic heterocycles. The summed E-state index contributed by atoms with van der Waals surface area (Å²) in [4.78, 5) is 12.7. The number of hydrogen-bond acceptors (Lipinski definition) is 3. The fourth-order valence-electron chi connectivity index (χ4n) is 4.35. The summed E-state index contributed by atoms with van der Waals surface area (Å²) in [6.07, 6.45) is 1.58. The molecular formula is C24H30O3. The van der Waals surface area contributed by atoms with E-state index in [0.29, 0.717) is 11.5 Å². The maximum atomic E-state index is 12.7. The van der Waals surface area contributed by atoms with Crippen molar-refractivity contribution >= 4 is 5.97 Å². The molecule has 0 aromatic heterocycles. The topological polar surface area (TPSA) is 46.5 Å². The molecule has 27 heavy (non-hydrogen) atoms. The highest BCUT2D eigenvalue weighted by atomic mass is 16.6. The maximum Gasteiger partial charge on any atom is 0.339 e. The van der Waals surface area contributed by atoms with Crippen molar-refractivity contribution in [3.8, 4) is 0 Å². The predicted octanol–water partition coefficient (Wildman–Crippen LogP) is 5.05. The minimum atomic E-state index is -1.23. The average Bonchev–Trinajstić information content (AvgIpc) is 2.68. The predicted molar refractivity (Wildman–Crippen MR) is 107 cm³/mol. The Morgan fingerprint density at radius 1 is 1.04 bits per heavy atom. The van der Waals surface area contributed by atoms with E-state index in [-0.39, 0.29) is 17.4 Å². The largest absolute Gasteiger partial charge is 0.460 e. The van der Waals surface area contributed by atoms with Gasteiger partial charge in [0.15, 0.2) is 6.10 Å². The summed E-state index contributed by atoms with van der Waals surface area (Å²) in [5, 5.41) is 10.4. The van der Waals surface area contributed by atoms with Gasteiger partial charge in [-0.05, 0) is 35.3 Å². The van der Waals surface area contributed by atoms with Crippen LogP contribution in [0.15, 0.2) is 60.7 Å². The standard InChI is InChI=1S/C24H30O3/c1-17-14-15-20(24(2,3)19-12-8-5-9-13-19)21(16-17)27-23(26)22(25)18-10-6-4-7-11-18/h4-13,17,20-22,25H,14-16H2,1-3H3/t17-,20-,21-,22+/m1/s1. The Hall–Kier alpha value is -2.13. The summed E-state index contributed by atoms with van der Waals surface area (Å²) in [6.45, 7) is 6.68. The highest BCUT2D eigenvalue weighted by Gasteiger charge is 2.42. The van der Waals surface area contributed by atoms with E-state index in [1.165, 1.54) is 5.56 Å². The van der Waals surface area contributed by atoms with Gasteiger partial charge in [-0.15, -0.1) is 0 Å². The van der Waals surface area contributed by atoms with Crippen LogP contribution in [0, 0.1) is 11.8 Å². The van der Waals surface area contributed by atoms with Gasteiger partial charge in [0.05, 0.1) is 0 Å². The second-order valence-corrected chi connectivity index (χ2v) is 8.40. The second-order valence-electron chi connectivity index (χ2n) is 8.40. The normalized spacial score (nSPS) is 24.2. The molecule has 0 unspecified atom stereocenters. The first-order chi connectivity index (χ1) is 12.9. The Morgan fingerprint density at radius 3 is 2.26 bits per heavy atom. The lowest BCUT2D eigenvalue weighted by atomic mass is 9.64. The smallest absolute Gasteiger partial charge is 0.339 e. The third-order valence-electron chi connectivity index (χ3n) is 6.10. The lowest BCUT2D eigenvalue weighted by molar-refractivity contribution is -0.167. The monoisotopic (exact) mass is 366 g/mol. The molecule has 2 aromatic carbocycles. The third kappa shape index (κ3) is 4.41. The van der Waals surface area contributed by atoms with Crippen LogP contribution in [-0.4, -0.2) is 17.2 Å². The SMILES string of the molecule is C[C@@H]1CC[C@@H](C(C)(C)c2ccccc2)[C@H](OC(=O)[C@@H](O)c2ccccc2)C1. The molecule has 2 aromatic rings. The van der Waals surface area contributed by atoms with E-state index in [2.05, 4.69) is 45.0 Å². The van der Waals surface area contributed by atoms with Crippen LogP contribution in [0.3, 0.4) is 0 Å². The van der Waals surface area contributed by atoms with E-state index in [1.807, 2.05) is 24.3 Å². The summed E-state index contributed by atoms with van der Waals surface area (Å²) < 4.78 is 5.91. The van der Waals surface area contributed by atoms with Gasteiger partial charge in [-0.3, -0.25) is 0 Å². The maximum absolute atomic E-state index is 12.7. The molecule has 1 aliphatic carbocycles. The molecule has 0 amide bonds. The zero-order chi connectivity index (χ0) is 19.4. The van der Waals surface area contributed by atoms with E-state index in [9.17, 15) is 9.90 Å². The first kappa shape index (κ1) is 19.6. The van der Waals surface area contributed by atoms with E-state index in [1.54, 1.807) is 12.1 Å². The lowest BCUT2D eigenvalue weighted by Crippen LogP contribution is -2.44. The Bertz CT molecular complexity index is 739. The number of rotatable bonds is 5. The molecular weight excluding hydrogens is 336 g/mol. The van der Waals surface area contributed by atoms with Crippen molar-refractivity contribution in [3.05, 3.63) is 71.8 Å². The first-order valence-electron chi connectivity index (χ1n) is 9.88. The third-order valence-corrected chi connectivity index (χ3v) is 6.10. The van der Waals surface area contributed by atoms with Gasteiger partial charge in [0.2, 0.25) is 0 Å². The number of aliphatic hydroxyl groups is 1. The Balaban J connectivity index is 1.79. The second kappa shape index (κ2) is 8.26. The Morgan fingerprint density at radius 2 is 1.63 bits per heavy atom. The van der Waals surface area contributed by atoms with Crippen LogP contribution >= 0.6 is 0 Å². The van der Waals surface area contributed by atoms with Crippen LogP contribution in [0.1, 0.15) is 57.3 Å². The fourth-order valence-corrected chi connectivity index (χ4v) is 4.35. The summed E-state index contributed by atoms with van der Waals surface area (Å²) in [5.41, 5.74) is 1.73. The van der Waals surface area contributed by atoms with Gasteiger partial charge in [0.25, 0.3) is 0 Å². The molecule has 1 saturated carbocycles. The number of benzene rings is 2. The van der Waals surface area contributed by atoms with Gasteiger partial charge in [-0.25, -0.2) is 4.79 Å². The molecule has 0 spiro atoms. The number of carbonyl (C=O) groups is 1. The van der Waals surface area contributed by atoms with E-state index in [4.69, 9.17) is 4.74 Å². The fraction of sp³-hybridized carbons (Fsp3) is 0.458. The molecule has 1 N–H and O–H groups in total. The Kier molecular flexibility index (Phi) is 6.01.